The quantitative estimate of drug-likeness (QED) is 0.360. The standard InChI is InChI=1S/CH2ClNOS/c2-1-3-5-4/h1H2. The fourth-order valence-corrected chi connectivity index (χ4v) is 0.179. The molecule has 4 heteroatoms. The van der Waals surface area contributed by atoms with E-state index in [9.17, 15) is 4.21 Å². The van der Waals surface area contributed by atoms with Gasteiger partial charge in [-0.25, -0.2) is 0 Å². The Kier molecular flexibility index (Phi) is 4.20. The Morgan fingerprint density at radius 3 is 2.60 bits per heavy atom. The maximum atomic E-state index is 9.20. The van der Waals surface area contributed by atoms with Crippen LogP contribution in [0.3, 0.4) is 0 Å². The van der Waals surface area contributed by atoms with Crippen molar-refractivity contribution in [3.63, 3.8) is 0 Å². The zero-order valence-electron chi connectivity index (χ0n) is 2.35. The van der Waals surface area contributed by atoms with Crippen LogP contribution in [0.5, 0.6) is 0 Å². The predicted octanol–water partition coefficient (Wildman–Crippen LogP) is 0.579. The molecule has 0 fully saturated rings. The summed E-state index contributed by atoms with van der Waals surface area (Å²) in [5, 5.41) is 0. The largest absolute Gasteiger partial charge is 0.200 e. The van der Waals surface area contributed by atoms with Gasteiger partial charge in [0, 0.05) is 0 Å². The molecule has 30 valence electrons. The van der Waals surface area contributed by atoms with Crippen LogP contribution in [-0.4, -0.2) is 10.2 Å². The second-order valence-electron chi connectivity index (χ2n) is 0.323. The van der Waals surface area contributed by atoms with Gasteiger partial charge in [0.25, 0.3) is 0 Å². The third-order valence-electron chi connectivity index (χ3n) is 0.101. The van der Waals surface area contributed by atoms with Gasteiger partial charge in [0.2, 0.25) is 11.5 Å². The van der Waals surface area contributed by atoms with E-state index in [-0.39, 0.29) is 17.5 Å². The zero-order valence-corrected chi connectivity index (χ0v) is 3.92. The van der Waals surface area contributed by atoms with Crippen LogP contribution in [0.2, 0.25) is 0 Å². The molecule has 2 nitrogen and oxygen atoms in total. The van der Waals surface area contributed by atoms with E-state index in [1.807, 2.05) is 0 Å². The highest BCUT2D eigenvalue weighted by Crippen LogP contribution is 1.68. The monoisotopic (exact) mass is 111 g/mol. The Morgan fingerprint density at radius 2 is 2.60 bits per heavy atom. The molecule has 0 aliphatic carbocycles. The van der Waals surface area contributed by atoms with Crippen LogP contribution in [0.15, 0.2) is 4.36 Å². The number of rotatable bonds is 1. The van der Waals surface area contributed by atoms with Gasteiger partial charge >= 0.3 is 0 Å². The summed E-state index contributed by atoms with van der Waals surface area (Å²) >= 11 is 5.06. The van der Waals surface area contributed by atoms with Crippen LogP contribution < -0.4 is 0 Å². The first kappa shape index (κ1) is 5.11. The van der Waals surface area contributed by atoms with Crippen molar-refractivity contribution in [2.75, 3.05) is 6.00 Å². The van der Waals surface area contributed by atoms with Crippen molar-refractivity contribution in [1.29, 1.82) is 0 Å². The first-order chi connectivity index (χ1) is 2.41. The Bertz CT molecular complexity index is 58.7. The number of nitrogens with zero attached hydrogens (tertiary/aromatic N) is 1. The van der Waals surface area contributed by atoms with Gasteiger partial charge in [0.15, 0.2) is 0 Å². The van der Waals surface area contributed by atoms with Crippen LogP contribution in [-0.2, 0) is 11.5 Å². The molecule has 0 heterocycles. The van der Waals surface area contributed by atoms with Gasteiger partial charge in [0.1, 0.15) is 6.00 Å². The van der Waals surface area contributed by atoms with Gasteiger partial charge in [-0.2, -0.15) is 8.57 Å². The summed E-state index contributed by atoms with van der Waals surface area (Å²) in [6.45, 7) is 0. The van der Waals surface area contributed by atoms with Crippen molar-refractivity contribution in [3.05, 3.63) is 0 Å². The molecule has 0 radical (unpaired) electrons. The number of hydrogen-bond donors (Lipinski definition) is 0. The van der Waals surface area contributed by atoms with E-state index >= 15 is 0 Å². The van der Waals surface area contributed by atoms with Crippen LogP contribution >= 0.6 is 11.6 Å². The minimum Gasteiger partial charge on any atom is -0.191 e. The highest BCUT2D eigenvalue weighted by atomic mass is 35.5. The topological polar surface area (TPSA) is 29.4 Å². The Balaban J connectivity index is 2.93. The van der Waals surface area contributed by atoms with Gasteiger partial charge in [-0.1, -0.05) is 11.6 Å². The smallest absolute Gasteiger partial charge is 0.191 e. The molecular formula is CH2ClNOS. The van der Waals surface area contributed by atoms with Crippen LogP contribution in [0.1, 0.15) is 0 Å². The lowest BCUT2D eigenvalue weighted by Gasteiger charge is -1.55. The van der Waals surface area contributed by atoms with Gasteiger partial charge in [-0.3, -0.25) is 0 Å². The minimum absolute atomic E-state index is 0.0914. The van der Waals surface area contributed by atoms with Gasteiger partial charge in [0.05, 0.1) is 0 Å². The molecular weight excluding hydrogens is 110 g/mol. The van der Waals surface area contributed by atoms with Crippen molar-refractivity contribution in [3.8, 4) is 0 Å². The number of halogens is 1. The number of hydrogen-bond acceptors (Lipinski definition) is 2. The summed E-state index contributed by atoms with van der Waals surface area (Å²) < 4.78 is 12.3. The molecule has 0 bridgehead atoms. The summed E-state index contributed by atoms with van der Waals surface area (Å²) in [6, 6.07) is 0.0914. The molecule has 0 N–H and O–H groups in total. The highest BCUT2D eigenvalue weighted by molar-refractivity contribution is 7.54. The molecule has 0 aromatic rings. The molecule has 0 aromatic heterocycles. The SMILES string of the molecule is O=S=NCCl. The summed E-state index contributed by atoms with van der Waals surface area (Å²) in [4.78, 5) is 0. The van der Waals surface area contributed by atoms with E-state index in [2.05, 4.69) is 4.36 Å². The van der Waals surface area contributed by atoms with Gasteiger partial charge in [-0.15, -0.1) is 0 Å². The summed E-state index contributed by atoms with van der Waals surface area (Å²) in [6.07, 6.45) is 0. The van der Waals surface area contributed by atoms with Gasteiger partial charge < -0.3 is 0 Å². The number of alkyl halides is 1. The summed E-state index contributed by atoms with van der Waals surface area (Å²) in [5.41, 5.74) is 0. The molecule has 0 rings (SSSR count). The molecule has 0 saturated heterocycles. The minimum atomic E-state index is 0.0914. The lowest BCUT2D eigenvalue weighted by atomic mass is 11.6. The molecule has 0 unspecified atom stereocenters. The Hall–Kier alpha value is 0.110. The molecule has 5 heavy (non-hydrogen) atoms. The van der Waals surface area contributed by atoms with Gasteiger partial charge in [-0.05, 0) is 0 Å². The van der Waals surface area contributed by atoms with Crippen molar-refractivity contribution in [1.82, 2.24) is 0 Å². The molecule has 0 aliphatic rings. The molecule has 0 atom stereocenters. The maximum Gasteiger partial charge on any atom is 0.200 e. The van der Waals surface area contributed by atoms with E-state index in [1.54, 1.807) is 0 Å². The van der Waals surface area contributed by atoms with Crippen molar-refractivity contribution in [2.45, 2.75) is 0 Å². The lowest BCUT2D eigenvalue weighted by Crippen LogP contribution is -1.49. The average Bonchev–Trinajstić information content (AvgIpc) is 1.41. The van der Waals surface area contributed by atoms with Crippen LogP contribution in [0, 0.1) is 0 Å². The maximum absolute atomic E-state index is 9.20. The Labute approximate surface area is 38.4 Å². The van der Waals surface area contributed by atoms with E-state index in [0.29, 0.717) is 0 Å². The normalized spacial score (nSPS) is 6.60. The fourth-order valence-electron chi connectivity index (χ4n) is 0.0199. The third-order valence-corrected chi connectivity index (χ3v) is 0.597. The Morgan fingerprint density at radius 1 is 2.00 bits per heavy atom. The van der Waals surface area contributed by atoms with Crippen molar-refractivity contribution >= 4 is 23.1 Å². The molecule has 0 amide bonds. The molecule has 0 aliphatic heterocycles. The lowest BCUT2D eigenvalue weighted by molar-refractivity contribution is 0.697. The first-order valence-electron chi connectivity index (χ1n) is 0.933. The van der Waals surface area contributed by atoms with E-state index in [1.165, 1.54) is 0 Å². The highest BCUT2D eigenvalue weighted by Gasteiger charge is 1.54. The fraction of sp³-hybridized carbons (Fsp3) is 1.00. The molecule has 0 saturated carbocycles. The molecule has 0 aromatic carbocycles. The van der Waals surface area contributed by atoms with Crippen LogP contribution in [0.4, 0.5) is 0 Å². The average molecular weight is 112 g/mol. The van der Waals surface area contributed by atoms with E-state index in [0.717, 1.165) is 0 Å². The third kappa shape index (κ3) is 4.11. The van der Waals surface area contributed by atoms with Crippen molar-refractivity contribution in [2.24, 2.45) is 4.36 Å². The van der Waals surface area contributed by atoms with Crippen molar-refractivity contribution < 1.29 is 4.21 Å². The van der Waals surface area contributed by atoms with E-state index in [4.69, 9.17) is 11.6 Å². The van der Waals surface area contributed by atoms with E-state index < -0.39 is 0 Å². The summed E-state index contributed by atoms with van der Waals surface area (Å²) in [7, 11) is 0. The second-order valence-corrected chi connectivity index (χ2v) is 0.969. The summed E-state index contributed by atoms with van der Waals surface area (Å²) in [5.74, 6) is 0. The predicted molar refractivity (Wildman–Crippen MR) is 21.3 cm³/mol. The second kappa shape index (κ2) is 4.11. The zero-order chi connectivity index (χ0) is 4.12. The van der Waals surface area contributed by atoms with Crippen LogP contribution in [0.25, 0.3) is 0 Å². The molecule has 0 spiro atoms. The first-order valence-corrected chi connectivity index (χ1v) is 2.17.